The lowest BCUT2D eigenvalue weighted by atomic mass is 10.0. The largest absolute Gasteiger partial charge is 0.356 e. The summed E-state index contributed by atoms with van der Waals surface area (Å²) in [5.41, 5.74) is 3.05. The van der Waals surface area contributed by atoms with Crippen LogP contribution in [0.4, 0.5) is 11.8 Å². The maximum atomic E-state index is 4.73. The summed E-state index contributed by atoms with van der Waals surface area (Å²) in [6, 6.07) is 2.64. The molecule has 0 saturated carbocycles. The summed E-state index contributed by atoms with van der Waals surface area (Å²) >= 11 is 0. The molecule has 0 aromatic carbocycles. The lowest BCUT2D eigenvalue weighted by Crippen LogP contribution is -2.42. The zero-order valence-electron chi connectivity index (χ0n) is 16.2. The Balaban J connectivity index is 1.56. The fraction of sp³-hybridized carbons (Fsp3) is 0.579. The number of hydrogen-bond acceptors (Lipinski definition) is 7. The third kappa shape index (κ3) is 4.66. The minimum atomic E-state index is 0.509. The summed E-state index contributed by atoms with van der Waals surface area (Å²) in [6.45, 7) is 6.87. The molecule has 0 spiro atoms. The molecule has 3 heterocycles. The summed E-state index contributed by atoms with van der Waals surface area (Å²) in [7, 11) is 3.98. The number of aromatic nitrogens is 4. The number of anilines is 2. The molecule has 1 fully saturated rings. The van der Waals surface area contributed by atoms with Gasteiger partial charge in [0.05, 0.1) is 11.4 Å². The first-order valence-corrected chi connectivity index (χ1v) is 9.36. The SMILES string of the molecule is CCc1cc(N2CCC(NCc3cnc(C)cn3)CC2)nc(N(C)C)n1. The number of piperidine rings is 1. The van der Waals surface area contributed by atoms with Crippen LogP contribution in [0.1, 0.15) is 36.8 Å². The summed E-state index contributed by atoms with van der Waals surface area (Å²) in [4.78, 5) is 22.4. The third-order valence-corrected chi connectivity index (χ3v) is 4.74. The maximum absolute atomic E-state index is 4.73. The molecule has 0 amide bonds. The molecule has 26 heavy (non-hydrogen) atoms. The highest BCUT2D eigenvalue weighted by molar-refractivity contribution is 5.46. The van der Waals surface area contributed by atoms with Crippen molar-refractivity contribution in [3.05, 3.63) is 35.5 Å². The fourth-order valence-corrected chi connectivity index (χ4v) is 3.08. The van der Waals surface area contributed by atoms with Crippen LogP contribution in [0.15, 0.2) is 18.5 Å². The van der Waals surface area contributed by atoms with E-state index in [0.29, 0.717) is 6.04 Å². The first kappa shape index (κ1) is 18.5. The molecule has 1 saturated heterocycles. The lowest BCUT2D eigenvalue weighted by molar-refractivity contribution is 0.410. The molecule has 3 rings (SSSR count). The van der Waals surface area contributed by atoms with Crippen LogP contribution in [0.25, 0.3) is 0 Å². The highest BCUT2D eigenvalue weighted by Gasteiger charge is 2.21. The van der Waals surface area contributed by atoms with Crippen LogP contribution in [0, 0.1) is 6.92 Å². The topological polar surface area (TPSA) is 70.1 Å². The van der Waals surface area contributed by atoms with Crippen molar-refractivity contribution in [3.63, 3.8) is 0 Å². The van der Waals surface area contributed by atoms with Crippen molar-refractivity contribution in [1.29, 1.82) is 0 Å². The molecule has 2 aromatic rings. The molecular weight excluding hydrogens is 326 g/mol. The number of nitrogens with one attached hydrogen (secondary N) is 1. The first-order chi connectivity index (χ1) is 12.5. The van der Waals surface area contributed by atoms with Gasteiger partial charge in [0.15, 0.2) is 0 Å². The van der Waals surface area contributed by atoms with Gasteiger partial charge in [-0.3, -0.25) is 9.97 Å². The zero-order valence-corrected chi connectivity index (χ0v) is 16.2. The van der Waals surface area contributed by atoms with Gasteiger partial charge in [-0.15, -0.1) is 0 Å². The zero-order chi connectivity index (χ0) is 18.5. The lowest BCUT2D eigenvalue weighted by Gasteiger charge is -2.33. The third-order valence-electron chi connectivity index (χ3n) is 4.74. The van der Waals surface area contributed by atoms with E-state index in [9.17, 15) is 0 Å². The highest BCUT2D eigenvalue weighted by atomic mass is 15.3. The molecule has 0 atom stereocenters. The molecule has 7 nitrogen and oxygen atoms in total. The highest BCUT2D eigenvalue weighted by Crippen LogP contribution is 2.21. The van der Waals surface area contributed by atoms with E-state index < -0.39 is 0 Å². The standard InChI is InChI=1S/C19H29N7/c1-5-15-10-18(24-19(23-15)25(3)4)26-8-6-16(7-9-26)22-13-17-12-20-14(2)11-21-17/h10-12,16,22H,5-9,13H2,1-4H3. The van der Waals surface area contributed by atoms with Crippen molar-refractivity contribution in [2.75, 3.05) is 37.0 Å². The predicted octanol–water partition coefficient (Wildman–Crippen LogP) is 1.96. The second kappa shape index (κ2) is 8.40. The second-order valence-electron chi connectivity index (χ2n) is 7.06. The maximum Gasteiger partial charge on any atom is 0.227 e. The average Bonchev–Trinajstić information content (AvgIpc) is 2.67. The van der Waals surface area contributed by atoms with Crippen molar-refractivity contribution in [2.45, 2.75) is 45.7 Å². The fourth-order valence-electron chi connectivity index (χ4n) is 3.08. The van der Waals surface area contributed by atoms with Gasteiger partial charge in [0.25, 0.3) is 0 Å². The smallest absolute Gasteiger partial charge is 0.227 e. The molecule has 1 aliphatic rings. The van der Waals surface area contributed by atoms with E-state index in [-0.39, 0.29) is 0 Å². The monoisotopic (exact) mass is 355 g/mol. The van der Waals surface area contributed by atoms with Crippen LogP contribution >= 0.6 is 0 Å². The van der Waals surface area contributed by atoms with Gasteiger partial charge < -0.3 is 15.1 Å². The van der Waals surface area contributed by atoms with Crippen molar-refractivity contribution < 1.29 is 0 Å². The Hall–Kier alpha value is -2.28. The Labute approximate surface area is 155 Å². The van der Waals surface area contributed by atoms with Gasteiger partial charge in [0, 0.05) is 63.9 Å². The quantitative estimate of drug-likeness (QED) is 0.849. The van der Waals surface area contributed by atoms with Gasteiger partial charge in [0.2, 0.25) is 5.95 Å². The minimum absolute atomic E-state index is 0.509. The van der Waals surface area contributed by atoms with Gasteiger partial charge in [-0.25, -0.2) is 4.98 Å². The first-order valence-electron chi connectivity index (χ1n) is 9.36. The van der Waals surface area contributed by atoms with Crippen molar-refractivity contribution in [3.8, 4) is 0 Å². The predicted molar refractivity (Wildman–Crippen MR) is 105 cm³/mol. The Kier molecular flexibility index (Phi) is 5.98. The summed E-state index contributed by atoms with van der Waals surface area (Å²) < 4.78 is 0. The van der Waals surface area contributed by atoms with Gasteiger partial charge in [0.1, 0.15) is 5.82 Å². The molecule has 1 aliphatic heterocycles. The Morgan fingerprint density at radius 1 is 1.12 bits per heavy atom. The van der Waals surface area contributed by atoms with Gasteiger partial charge >= 0.3 is 0 Å². The van der Waals surface area contributed by atoms with Crippen LogP contribution in [0.2, 0.25) is 0 Å². The molecule has 0 bridgehead atoms. The number of rotatable bonds is 6. The molecule has 7 heteroatoms. The summed E-state index contributed by atoms with van der Waals surface area (Å²) in [5, 5.41) is 3.61. The molecular formula is C19H29N7. The van der Waals surface area contributed by atoms with Gasteiger partial charge in [-0.2, -0.15) is 4.98 Å². The molecule has 0 unspecified atom stereocenters. The van der Waals surface area contributed by atoms with E-state index in [0.717, 1.165) is 67.7 Å². The van der Waals surface area contributed by atoms with Crippen LogP contribution in [-0.4, -0.2) is 53.2 Å². The minimum Gasteiger partial charge on any atom is -0.356 e. The molecule has 140 valence electrons. The van der Waals surface area contributed by atoms with Crippen LogP contribution < -0.4 is 15.1 Å². The van der Waals surface area contributed by atoms with E-state index >= 15 is 0 Å². The van der Waals surface area contributed by atoms with Crippen LogP contribution in [-0.2, 0) is 13.0 Å². The normalized spacial score (nSPS) is 15.3. The van der Waals surface area contributed by atoms with Gasteiger partial charge in [-0.05, 0) is 26.2 Å². The van der Waals surface area contributed by atoms with E-state index in [1.54, 1.807) is 0 Å². The van der Waals surface area contributed by atoms with Gasteiger partial charge in [-0.1, -0.05) is 6.92 Å². The second-order valence-corrected chi connectivity index (χ2v) is 7.06. The van der Waals surface area contributed by atoms with Crippen molar-refractivity contribution >= 4 is 11.8 Å². The van der Waals surface area contributed by atoms with E-state index in [2.05, 4.69) is 38.2 Å². The number of aryl methyl sites for hydroxylation is 2. The average molecular weight is 355 g/mol. The van der Waals surface area contributed by atoms with E-state index in [4.69, 9.17) is 4.98 Å². The summed E-state index contributed by atoms with van der Waals surface area (Å²) in [6.07, 6.45) is 6.80. The number of hydrogen-bond donors (Lipinski definition) is 1. The molecule has 2 aromatic heterocycles. The Bertz CT molecular complexity index is 706. The van der Waals surface area contributed by atoms with Crippen LogP contribution in [0.5, 0.6) is 0 Å². The van der Waals surface area contributed by atoms with Crippen molar-refractivity contribution in [1.82, 2.24) is 25.3 Å². The summed E-state index contributed by atoms with van der Waals surface area (Å²) in [5.74, 6) is 1.83. The Morgan fingerprint density at radius 3 is 2.50 bits per heavy atom. The molecule has 0 radical (unpaired) electrons. The molecule has 0 aliphatic carbocycles. The van der Waals surface area contributed by atoms with E-state index in [1.165, 1.54) is 0 Å². The van der Waals surface area contributed by atoms with Crippen molar-refractivity contribution in [2.24, 2.45) is 0 Å². The Morgan fingerprint density at radius 2 is 1.88 bits per heavy atom. The molecule has 1 N–H and O–H groups in total. The number of nitrogens with zero attached hydrogens (tertiary/aromatic N) is 6. The van der Waals surface area contributed by atoms with Crippen LogP contribution in [0.3, 0.4) is 0 Å². The van der Waals surface area contributed by atoms with E-state index in [1.807, 2.05) is 38.3 Å².